The summed E-state index contributed by atoms with van der Waals surface area (Å²) in [5.74, 6) is -0.109. The van der Waals surface area contributed by atoms with Crippen molar-refractivity contribution in [2.24, 2.45) is 17.8 Å². The Morgan fingerprint density at radius 1 is 1.29 bits per heavy atom. The molecule has 3 aliphatic rings. The summed E-state index contributed by atoms with van der Waals surface area (Å²) < 4.78 is 5.07. The maximum atomic E-state index is 11.6. The van der Waals surface area contributed by atoms with Crippen LogP contribution in [0.3, 0.4) is 0 Å². The molecule has 0 amide bonds. The van der Waals surface area contributed by atoms with Crippen LogP contribution >= 0.6 is 0 Å². The van der Waals surface area contributed by atoms with Crippen molar-refractivity contribution >= 4 is 11.8 Å². The molecule has 5 unspecified atom stereocenters. The molecule has 5 atom stereocenters. The van der Waals surface area contributed by atoms with Crippen molar-refractivity contribution in [3.05, 3.63) is 0 Å². The molecule has 1 aliphatic heterocycles. The average molecular weight is 196 g/mol. The van der Waals surface area contributed by atoms with Gasteiger partial charge in [0, 0.05) is 18.3 Å². The zero-order valence-electron chi connectivity index (χ0n) is 7.68. The summed E-state index contributed by atoms with van der Waals surface area (Å²) in [6.07, 6.45) is 0.505. The molecule has 4 nitrogen and oxygen atoms in total. The van der Waals surface area contributed by atoms with Crippen LogP contribution in [0, 0.1) is 17.8 Å². The van der Waals surface area contributed by atoms with E-state index >= 15 is 0 Å². The van der Waals surface area contributed by atoms with Crippen LogP contribution in [-0.2, 0) is 14.3 Å². The van der Waals surface area contributed by atoms with E-state index in [2.05, 4.69) is 0 Å². The Balaban J connectivity index is 1.96. The molecule has 1 N–H and O–H groups in total. The van der Waals surface area contributed by atoms with Gasteiger partial charge in [-0.1, -0.05) is 0 Å². The number of rotatable bonds is 0. The number of carbonyl (C=O) groups excluding carboxylic acids is 2. The largest absolute Gasteiger partial charge is 0.459 e. The molecule has 76 valence electrons. The molecule has 2 saturated carbocycles. The Morgan fingerprint density at radius 3 is 2.86 bits per heavy atom. The van der Waals surface area contributed by atoms with Gasteiger partial charge in [0.1, 0.15) is 11.9 Å². The second-order valence-electron chi connectivity index (χ2n) is 4.59. The molecule has 0 aromatic carbocycles. The van der Waals surface area contributed by atoms with Crippen molar-refractivity contribution in [3.63, 3.8) is 0 Å². The van der Waals surface area contributed by atoms with Crippen molar-refractivity contribution in [2.75, 3.05) is 0 Å². The fourth-order valence-electron chi connectivity index (χ4n) is 3.18. The number of fused-ring (bicyclic) bond motifs is 4. The quantitative estimate of drug-likeness (QED) is 0.549. The van der Waals surface area contributed by atoms with Gasteiger partial charge < -0.3 is 9.84 Å². The third-order valence-corrected chi connectivity index (χ3v) is 3.86. The number of esters is 1. The van der Waals surface area contributed by atoms with E-state index in [-0.39, 0.29) is 29.5 Å². The van der Waals surface area contributed by atoms with Gasteiger partial charge in [0.25, 0.3) is 0 Å². The predicted molar refractivity (Wildman–Crippen MR) is 45.2 cm³/mol. The van der Waals surface area contributed by atoms with Crippen LogP contribution in [0.1, 0.15) is 19.3 Å². The third kappa shape index (κ3) is 0.919. The standard InChI is InChI=1S/C10H12O4/c11-7-2-4-1-5(7)6-3-8(12)14-10(6)9(4)13/h4-6,9-10,13H,1-3H2. The van der Waals surface area contributed by atoms with Crippen LogP contribution < -0.4 is 0 Å². The van der Waals surface area contributed by atoms with E-state index in [9.17, 15) is 14.7 Å². The van der Waals surface area contributed by atoms with Crippen LogP contribution in [0.5, 0.6) is 0 Å². The molecule has 0 aromatic rings. The lowest BCUT2D eigenvalue weighted by molar-refractivity contribution is -0.149. The molecule has 3 rings (SSSR count). The third-order valence-electron chi connectivity index (χ3n) is 3.86. The minimum absolute atomic E-state index is 0.0275. The Bertz CT molecular complexity index is 311. The fourth-order valence-corrected chi connectivity index (χ4v) is 3.18. The van der Waals surface area contributed by atoms with Gasteiger partial charge in [0.2, 0.25) is 0 Å². The molecule has 14 heavy (non-hydrogen) atoms. The summed E-state index contributed by atoms with van der Waals surface area (Å²) in [7, 11) is 0. The number of ether oxygens (including phenoxy) is 1. The molecule has 4 heteroatoms. The highest BCUT2D eigenvalue weighted by atomic mass is 16.6. The SMILES string of the molecule is O=C1CC2C3CC(CC3=O)C(O)C2O1. The van der Waals surface area contributed by atoms with Crippen LogP contribution in [0.4, 0.5) is 0 Å². The molecule has 0 aromatic heterocycles. The number of carbonyl (C=O) groups is 2. The van der Waals surface area contributed by atoms with E-state index in [1.54, 1.807) is 0 Å². The first-order valence-electron chi connectivity index (χ1n) is 5.07. The number of aliphatic hydroxyl groups is 1. The van der Waals surface area contributed by atoms with E-state index in [0.29, 0.717) is 12.8 Å². The number of Topliss-reactive ketones (excluding diaryl/α,β-unsaturated/α-hetero) is 1. The van der Waals surface area contributed by atoms with Crippen molar-refractivity contribution in [3.8, 4) is 0 Å². The Kier molecular flexibility index (Phi) is 1.54. The lowest BCUT2D eigenvalue weighted by atomic mass is 9.76. The predicted octanol–water partition coefficient (Wildman–Crippen LogP) is -0.112. The van der Waals surface area contributed by atoms with E-state index < -0.39 is 12.2 Å². The van der Waals surface area contributed by atoms with Crippen LogP contribution in [0.25, 0.3) is 0 Å². The molecule has 0 spiro atoms. The van der Waals surface area contributed by atoms with Crippen LogP contribution in [0.15, 0.2) is 0 Å². The maximum Gasteiger partial charge on any atom is 0.306 e. The highest BCUT2D eigenvalue weighted by Crippen LogP contribution is 2.48. The number of aliphatic hydroxyl groups excluding tert-OH is 1. The molecule has 2 aliphatic carbocycles. The Morgan fingerprint density at radius 2 is 2.07 bits per heavy atom. The number of hydrogen-bond donors (Lipinski definition) is 1. The van der Waals surface area contributed by atoms with Gasteiger partial charge in [0.05, 0.1) is 12.5 Å². The molecular formula is C10H12O4. The highest BCUT2D eigenvalue weighted by molar-refractivity contribution is 5.86. The smallest absolute Gasteiger partial charge is 0.306 e. The summed E-state index contributed by atoms with van der Waals surface area (Å²) in [5.41, 5.74) is 0. The maximum absolute atomic E-state index is 11.6. The monoisotopic (exact) mass is 196 g/mol. The first kappa shape index (κ1) is 8.41. The number of ketones is 1. The van der Waals surface area contributed by atoms with Crippen LogP contribution in [0.2, 0.25) is 0 Å². The Hall–Kier alpha value is -0.900. The first-order valence-corrected chi connectivity index (χ1v) is 5.07. The second kappa shape index (κ2) is 2.57. The van der Waals surface area contributed by atoms with E-state index in [0.717, 1.165) is 6.42 Å². The summed E-state index contributed by atoms with van der Waals surface area (Å²) in [6.45, 7) is 0. The number of hydrogen-bond acceptors (Lipinski definition) is 4. The lowest BCUT2D eigenvalue weighted by Crippen LogP contribution is -2.42. The minimum Gasteiger partial charge on any atom is -0.459 e. The summed E-state index contributed by atoms with van der Waals surface area (Å²) >= 11 is 0. The highest BCUT2D eigenvalue weighted by Gasteiger charge is 2.56. The fraction of sp³-hybridized carbons (Fsp3) is 0.800. The van der Waals surface area contributed by atoms with Crippen molar-refractivity contribution < 1.29 is 19.4 Å². The lowest BCUT2D eigenvalue weighted by Gasteiger charge is -2.32. The van der Waals surface area contributed by atoms with Crippen molar-refractivity contribution in [1.82, 2.24) is 0 Å². The summed E-state index contributed by atoms with van der Waals surface area (Å²) in [6, 6.07) is 0. The topological polar surface area (TPSA) is 63.6 Å². The molecule has 1 saturated heterocycles. The summed E-state index contributed by atoms with van der Waals surface area (Å²) in [5, 5.41) is 9.87. The molecule has 2 bridgehead atoms. The van der Waals surface area contributed by atoms with E-state index in [4.69, 9.17) is 4.74 Å². The van der Waals surface area contributed by atoms with Gasteiger partial charge >= 0.3 is 5.97 Å². The average Bonchev–Trinajstić information content (AvgIpc) is 2.65. The summed E-state index contributed by atoms with van der Waals surface area (Å²) in [4.78, 5) is 22.7. The molecule has 3 fully saturated rings. The van der Waals surface area contributed by atoms with Crippen LogP contribution in [-0.4, -0.2) is 29.1 Å². The zero-order chi connectivity index (χ0) is 9.87. The molecule has 0 radical (unpaired) electrons. The molecule has 1 heterocycles. The van der Waals surface area contributed by atoms with E-state index in [1.165, 1.54) is 0 Å². The van der Waals surface area contributed by atoms with E-state index in [1.807, 2.05) is 0 Å². The van der Waals surface area contributed by atoms with Gasteiger partial charge in [-0.15, -0.1) is 0 Å². The zero-order valence-corrected chi connectivity index (χ0v) is 7.68. The second-order valence-corrected chi connectivity index (χ2v) is 4.59. The van der Waals surface area contributed by atoms with Gasteiger partial charge in [-0.2, -0.15) is 0 Å². The van der Waals surface area contributed by atoms with Gasteiger partial charge in [-0.25, -0.2) is 0 Å². The van der Waals surface area contributed by atoms with Gasteiger partial charge in [-0.05, 0) is 12.3 Å². The minimum atomic E-state index is -0.617. The Labute approximate surface area is 81.2 Å². The van der Waals surface area contributed by atoms with Crippen molar-refractivity contribution in [2.45, 2.75) is 31.5 Å². The first-order chi connectivity index (χ1) is 6.66. The van der Waals surface area contributed by atoms with Gasteiger partial charge in [-0.3, -0.25) is 9.59 Å². The molecular weight excluding hydrogens is 184 g/mol. The van der Waals surface area contributed by atoms with Gasteiger partial charge in [0.15, 0.2) is 0 Å². The van der Waals surface area contributed by atoms with Crippen molar-refractivity contribution in [1.29, 1.82) is 0 Å². The normalized spacial score (nSPS) is 50.5.